The first-order valence-corrected chi connectivity index (χ1v) is 5.33. The van der Waals surface area contributed by atoms with Crippen LogP contribution in [0.15, 0.2) is 41.2 Å². The Morgan fingerprint density at radius 1 is 1.56 bits per heavy atom. The van der Waals surface area contributed by atoms with E-state index in [-0.39, 0.29) is 18.7 Å². The van der Waals surface area contributed by atoms with E-state index in [4.69, 9.17) is 10.5 Å². The average Bonchev–Trinajstić information content (AvgIpc) is 2.40. The summed E-state index contributed by atoms with van der Waals surface area (Å²) >= 11 is 0. The lowest BCUT2D eigenvalue weighted by atomic mass is 10.2. The van der Waals surface area contributed by atoms with E-state index in [9.17, 15) is 9.18 Å². The van der Waals surface area contributed by atoms with Crippen LogP contribution in [0.5, 0.6) is 5.75 Å². The highest BCUT2D eigenvalue weighted by molar-refractivity contribution is 5.78. The van der Waals surface area contributed by atoms with Crippen LogP contribution in [-0.2, 0) is 0 Å². The molecule has 3 N–H and O–H groups in total. The third-order valence-electron chi connectivity index (χ3n) is 2.46. The summed E-state index contributed by atoms with van der Waals surface area (Å²) in [4.78, 5) is 17.9. The summed E-state index contributed by atoms with van der Waals surface area (Å²) in [6, 6.07) is 4.90. The maximum Gasteiger partial charge on any atom is 0.280 e. The Morgan fingerprint density at radius 3 is 3.11 bits per heavy atom. The van der Waals surface area contributed by atoms with Crippen LogP contribution in [0.4, 0.5) is 4.39 Å². The second-order valence-electron chi connectivity index (χ2n) is 3.68. The molecule has 0 bridgehead atoms. The van der Waals surface area contributed by atoms with Crippen molar-refractivity contribution in [1.29, 1.82) is 0 Å². The van der Waals surface area contributed by atoms with Crippen molar-refractivity contribution in [1.82, 2.24) is 9.97 Å². The fourth-order valence-electron chi connectivity index (χ4n) is 1.46. The van der Waals surface area contributed by atoms with Crippen LogP contribution in [0.1, 0.15) is 0 Å². The lowest BCUT2D eigenvalue weighted by Crippen LogP contribution is -2.11. The van der Waals surface area contributed by atoms with Gasteiger partial charge in [-0.1, -0.05) is 0 Å². The topological polar surface area (TPSA) is 81.0 Å². The van der Waals surface area contributed by atoms with Crippen LogP contribution >= 0.6 is 0 Å². The van der Waals surface area contributed by atoms with Crippen LogP contribution in [0.25, 0.3) is 10.9 Å². The molecule has 2 rings (SSSR count). The number of nitrogens with two attached hydrogens (primary N) is 1. The van der Waals surface area contributed by atoms with Gasteiger partial charge in [-0.05, 0) is 12.1 Å². The third kappa shape index (κ3) is 2.54. The molecular weight excluding hydrogens is 237 g/mol. The average molecular weight is 249 g/mol. The number of nitrogens with one attached hydrogen (secondary N) is 1. The maximum absolute atomic E-state index is 12.3. The number of fused-ring (bicyclic) bond motifs is 1. The number of H-pyrrole nitrogens is 1. The maximum atomic E-state index is 12.3. The first kappa shape index (κ1) is 12.3. The summed E-state index contributed by atoms with van der Waals surface area (Å²) in [7, 11) is 0. The van der Waals surface area contributed by atoms with E-state index >= 15 is 0 Å². The molecule has 5 nitrogen and oxygen atoms in total. The van der Waals surface area contributed by atoms with E-state index in [0.717, 1.165) is 0 Å². The van der Waals surface area contributed by atoms with Crippen molar-refractivity contribution in [3.63, 3.8) is 0 Å². The van der Waals surface area contributed by atoms with Gasteiger partial charge in [-0.15, -0.1) is 0 Å². The Kier molecular flexibility index (Phi) is 3.69. The van der Waals surface area contributed by atoms with E-state index in [1.807, 2.05) is 0 Å². The minimum absolute atomic E-state index is 0.0772. The van der Waals surface area contributed by atoms with Gasteiger partial charge in [0.1, 0.15) is 12.4 Å². The molecule has 6 heteroatoms. The van der Waals surface area contributed by atoms with Gasteiger partial charge in [-0.25, -0.2) is 4.39 Å². The van der Waals surface area contributed by atoms with Crippen LogP contribution in [0, 0.1) is 0 Å². The molecule has 2 aromatic rings. The molecule has 0 amide bonds. The van der Waals surface area contributed by atoms with Crippen molar-refractivity contribution in [2.24, 2.45) is 5.73 Å². The number of aromatic nitrogens is 2. The number of hydrogen-bond acceptors (Lipinski definition) is 4. The Bertz CT molecular complexity index is 637. The first-order valence-electron chi connectivity index (χ1n) is 5.33. The first-order chi connectivity index (χ1) is 8.74. The largest absolute Gasteiger partial charge is 0.489 e. The molecule has 1 aromatic heterocycles. The van der Waals surface area contributed by atoms with E-state index in [0.29, 0.717) is 28.6 Å². The van der Waals surface area contributed by atoms with Gasteiger partial charge in [0.25, 0.3) is 5.56 Å². The lowest BCUT2D eigenvalue weighted by Gasteiger charge is -2.07. The standard InChI is InChI=1S/C12H12FN3O2/c13-4-8(5-14)6-18-9-1-2-10-11(3-9)15-7-16-12(10)17/h1-4,7H,5-6,14H2,(H,15,16,17)/b8-4+. The van der Waals surface area contributed by atoms with Gasteiger partial charge in [-0.3, -0.25) is 4.79 Å². The molecule has 0 saturated heterocycles. The molecular formula is C12H12FN3O2. The summed E-state index contributed by atoms with van der Waals surface area (Å²) in [6.45, 7) is 0.179. The number of benzene rings is 1. The summed E-state index contributed by atoms with van der Waals surface area (Å²) < 4.78 is 17.7. The van der Waals surface area contributed by atoms with Crippen molar-refractivity contribution in [2.75, 3.05) is 13.2 Å². The number of hydrogen-bond donors (Lipinski definition) is 2. The van der Waals surface area contributed by atoms with Gasteiger partial charge in [0, 0.05) is 18.2 Å². The quantitative estimate of drug-likeness (QED) is 0.850. The van der Waals surface area contributed by atoms with Crippen LogP contribution in [0.3, 0.4) is 0 Å². The normalized spacial score (nSPS) is 11.8. The lowest BCUT2D eigenvalue weighted by molar-refractivity contribution is 0.348. The SMILES string of the molecule is NC/C(=C\F)COc1ccc2c(=O)nc[nH]c2c1. The Balaban J connectivity index is 2.23. The Hall–Kier alpha value is -2.21. The minimum Gasteiger partial charge on any atom is -0.489 e. The van der Waals surface area contributed by atoms with Gasteiger partial charge in [0.2, 0.25) is 0 Å². The molecule has 0 aliphatic rings. The van der Waals surface area contributed by atoms with Gasteiger partial charge in [-0.2, -0.15) is 4.98 Å². The zero-order valence-corrected chi connectivity index (χ0v) is 9.52. The second kappa shape index (κ2) is 5.42. The van der Waals surface area contributed by atoms with Crippen molar-refractivity contribution in [2.45, 2.75) is 0 Å². The Morgan fingerprint density at radius 2 is 2.39 bits per heavy atom. The third-order valence-corrected chi connectivity index (χ3v) is 2.46. The highest BCUT2D eigenvalue weighted by Crippen LogP contribution is 2.16. The molecule has 1 aromatic carbocycles. The fraction of sp³-hybridized carbons (Fsp3) is 0.167. The molecule has 0 unspecified atom stereocenters. The van der Waals surface area contributed by atoms with Gasteiger partial charge in [0.05, 0.1) is 23.6 Å². The van der Waals surface area contributed by atoms with Gasteiger partial charge < -0.3 is 15.5 Å². The van der Waals surface area contributed by atoms with E-state index in [1.165, 1.54) is 6.33 Å². The van der Waals surface area contributed by atoms with E-state index < -0.39 is 0 Å². The predicted octanol–water partition coefficient (Wildman–Crippen LogP) is 1.11. The molecule has 0 spiro atoms. The predicted molar refractivity (Wildman–Crippen MR) is 66.1 cm³/mol. The monoisotopic (exact) mass is 249 g/mol. The van der Waals surface area contributed by atoms with Crippen molar-refractivity contribution >= 4 is 10.9 Å². The Labute approximate surface area is 102 Å². The van der Waals surface area contributed by atoms with E-state index in [1.54, 1.807) is 18.2 Å². The fourth-order valence-corrected chi connectivity index (χ4v) is 1.46. The number of ether oxygens (including phenoxy) is 1. The highest BCUT2D eigenvalue weighted by atomic mass is 19.1. The van der Waals surface area contributed by atoms with Crippen molar-refractivity contribution in [3.05, 3.63) is 46.8 Å². The van der Waals surface area contributed by atoms with Crippen molar-refractivity contribution in [3.8, 4) is 5.75 Å². The van der Waals surface area contributed by atoms with Crippen LogP contribution < -0.4 is 16.0 Å². The van der Waals surface area contributed by atoms with E-state index in [2.05, 4.69) is 9.97 Å². The number of halogens is 1. The molecule has 0 radical (unpaired) electrons. The zero-order chi connectivity index (χ0) is 13.0. The number of nitrogens with zero attached hydrogens (tertiary/aromatic N) is 1. The molecule has 0 fully saturated rings. The minimum atomic E-state index is -0.304. The molecule has 1 heterocycles. The summed E-state index contributed by atoms with van der Waals surface area (Å²) in [5, 5.41) is 0.477. The molecule has 0 atom stereocenters. The molecule has 0 aliphatic heterocycles. The van der Waals surface area contributed by atoms with Gasteiger partial charge >= 0.3 is 0 Å². The summed E-state index contributed by atoms with van der Waals surface area (Å²) in [6.07, 6.45) is 1.76. The second-order valence-corrected chi connectivity index (χ2v) is 3.68. The summed E-state index contributed by atoms with van der Waals surface area (Å²) in [5.74, 6) is 0.525. The molecule has 18 heavy (non-hydrogen) atoms. The van der Waals surface area contributed by atoms with Crippen LogP contribution in [-0.4, -0.2) is 23.1 Å². The molecule has 0 aliphatic carbocycles. The number of rotatable bonds is 4. The zero-order valence-electron chi connectivity index (χ0n) is 9.52. The molecule has 0 saturated carbocycles. The molecule has 94 valence electrons. The number of aromatic amines is 1. The smallest absolute Gasteiger partial charge is 0.280 e. The van der Waals surface area contributed by atoms with Crippen LogP contribution in [0.2, 0.25) is 0 Å². The summed E-state index contributed by atoms with van der Waals surface area (Å²) in [5.41, 5.74) is 5.99. The highest BCUT2D eigenvalue weighted by Gasteiger charge is 2.02. The van der Waals surface area contributed by atoms with Crippen molar-refractivity contribution < 1.29 is 9.13 Å². The van der Waals surface area contributed by atoms with Gasteiger partial charge in [0.15, 0.2) is 0 Å².